The number of halogens is 3. The summed E-state index contributed by atoms with van der Waals surface area (Å²) in [5.41, 5.74) is 0.365. The van der Waals surface area contributed by atoms with Gasteiger partial charge >= 0.3 is 6.18 Å². The maximum absolute atomic E-state index is 12.0. The van der Waals surface area contributed by atoms with Gasteiger partial charge < -0.3 is 5.32 Å². The van der Waals surface area contributed by atoms with Crippen LogP contribution in [0.2, 0.25) is 0 Å². The fourth-order valence-electron chi connectivity index (χ4n) is 3.26. The first-order valence-corrected chi connectivity index (χ1v) is 6.32. The van der Waals surface area contributed by atoms with Crippen molar-refractivity contribution in [1.82, 2.24) is 5.32 Å². The quantitative estimate of drug-likeness (QED) is 0.787. The van der Waals surface area contributed by atoms with E-state index in [1.807, 2.05) is 0 Å². The van der Waals surface area contributed by atoms with E-state index in [2.05, 4.69) is 5.32 Å². The summed E-state index contributed by atoms with van der Waals surface area (Å²) in [5, 5.41) is 3.12. The van der Waals surface area contributed by atoms with Gasteiger partial charge in [-0.15, -0.1) is 0 Å². The van der Waals surface area contributed by atoms with Gasteiger partial charge in [0.25, 0.3) is 0 Å². The van der Waals surface area contributed by atoms with Crippen molar-refractivity contribution in [2.75, 3.05) is 6.54 Å². The number of rotatable bonds is 3. The van der Waals surface area contributed by atoms with Gasteiger partial charge in [-0.1, -0.05) is 19.3 Å². The molecule has 2 fully saturated rings. The van der Waals surface area contributed by atoms with E-state index in [1.165, 1.54) is 38.5 Å². The molecule has 0 amide bonds. The molecule has 1 nitrogen and oxygen atoms in total. The summed E-state index contributed by atoms with van der Waals surface area (Å²) < 4.78 is 36.1. The van der Waals surface area contributed by atoms with Gasteiger partial charge in [-0.2, -0.15) is 13.2 Å². The third-order valence-corrected chi connectivity index (χ3v) is 4.32. The van der Waals surface area contributed by atoms with E-state index in [-0.39, 0.29) is 6.54 Å². The molecule has 0 bridgehead atoms. The average Bonchev–Trinajstić information content (AvgIpc) is 2.23. The molecule has 0 saturated heterocycles. The molecule has 2 aliphatic carbocycles. The molecule has 4 heteroatoms. The van der Waals surface area contributed by atoms with Crippen molar-refractivity contribution in [3.05, 3.63) is 0 Å². The third-order valence-electron chi connectivity index (χ3n) is 4.32. The van der Waals surface area contributed by atoms with Gasteiger partial charge in [0, 0.05) is 12.6 Å². The normalized spacial score (nSPS) is 29.1. The second kappa shape index (κ2) is 4.55. The molecule has 1 spiro atoms. The van der Waals surface area contributed by atoms with Crippen LogP contribution < -0.4 is 5.32 Å². The zero-order chi connectivity index (χ0) is 11.6. The molecule has 1 unspecified atom stereocenters. The Labute approximate surface area is 94.8 Å². The molecule has 94 valence electrons. The lowest BCUT2D eigenvalue weighted by Gasteiger charge is -2.52. The van der Waals surface area contributed by atoms with Gasteiger partial charge in [0.2, 0.25) is 0 Å². The Morgan fingerprint density at radius 3 is 2.25 bits per heavy atom. The maximum Gasteiger partial charge on any atom is 0.390 e. The van der Waals surface area contributed by atoms with Crippen molar-refractivity contribution in [2.24, 2.45) is 5.41 Å². The summed E-state index contributed by atoms with van der Waals surface area (Å²) in [5.74, 6) is 0. The Kier molecular flexibility index (Phi) is 3.48. The first kappa shape index (κ1) is 12.2. The summed E-state index contributed by atoms with van der Waals surface area (Å²) in [4.78, 5) is 0. The highest BCUT2D eigenvalue weighted by atomic mass is 19.4. The molecule has 0 heterocycles. The van der Waals surface area contributed by atoms with E-state index in [0.717, 1.165) is 6.42 Å². The van der Waals surface area contributed by atoms with E-state index in [0.29, 0.717) is 11.5 Å². The lowest BCUT2D eigenvalue weighted by Crippen LogP contribution is -2.54. The molecule has 2 rings (SSSR count). The molecular weight excluding hydrogens is 215 g/mol. The standard InChI is InChI=1S/C12H20F3N/c13-12(14,15)8-9-16-10-4-7-11(10)5-2-1-3-6-11/h10,16H,1-9H2. The zero-order valence-electron chi connectivity index (χ0n) is 9.58. The largest absolute Gasteiger partial charge is 0.390 e. The second-order valence-corrected chi connectivity index (χ2v) is 5.33. The molecular formula is C12H20F3N. The molecule has 0 aromatic carbocycles. The number of alkyl halides is 3. The number of hydrogen-bond donors (Lipinski definition) is 1. The zero-order valence-corrected chi connectivity index (χ0v) is 9.58. The van der Waals surface area contributed by atoms with Gasteiger partial charge in [-0.3, -0.25) is 0 Å². The van der Waals surface area contributed by atoms with Crippen LogP contribution >= 0.6 is 0 Å². The average molecular weight is 235 g/mol. The molecule has 0 aliphatic heterocycles. The van der Waals surface area contributed by atoms with Crippen LogP contribution in [0.3, 0.4) is 0 Å². The van der Waals surface area contributed by atoms with Crippen molar-refractivity contribution < 1.29 is 13.2 Å². The van der Waals surface area contributed by atoms with E-state index in [9.17, 15) is 13.2 Å². The summed E-state index contributed by atoms with van der Waals surface area (Å²) >= 11 is 0. The van der Waals surface area contributed by atoms with Crippen LogP contribution in [0.5, 0.6) is 0 Å². The summed E-state index contributed by atoms with van der Waals surface area (Å²) in [6, 6.07) is 0.357. The van der Waals surface area contributed by atoms with Gasteiger partial charge in [-0.05, 0) is 31.1 Å². The molecule has 1 atom stereocenters. The van der Waals surface area contributed by atoms with Crippen LogP contribution in [-0.2, 0) is 0 Å². The Morgan fingerprint density at radius 1 is 1.06 bits per heavy atom. The van der Waals surface area contributed by atoms with Crippen LogP contribution in [0.4, 0.5) is 13.2 Å². The smallest absolute Gasteiger partial charge is 0.313 e. The van der Waals surface area contributed by atoms with Crippen LogP contribution in [0.25, 0.3) is 0 Å². The van der Waals surface area contributed by atoms with Gasteiger partial charge in [0.15, 0.2) is 0 Å². The fourth-order valence-corrected chi connectivity index (χ4v) is 3.26. The lowest BCUT2D eigenvalue weighted by molar-refractivity contribution is -0.135. The first-order chi connectivity index (χ1) is 7.52. The molecule has 0 aromatic rings. The Balaban J connectivity index is 1.74. The minimum atomic E-state index is -4.02. The van der Waals surface area contributed by atoms with Crippen LogP contribution in [-0.4, -0.2) is 18.8 Å². The monoisotopic (exact) mass is 235 g/mol. The molecule has 0 radical (unpaired) electrons. The van der Waals surface area contributed by atoms with Gasteiger partial charge in [0.1, 0.15) is 0 Å². The summed E-state index contributed by atoms with van der Waals surface area (Å²) in [6.07, 6.45) is 3.84. The van der Waals surface area contributed by atoms with E-state index in [4.69, 9.17) is 0 Å². The minimum Gasteiger partial charge on any atom is -0.313 e. The number of nitrogens with one attached hydrogen (secondary N) is 1. The van der Waals surface area contributed by atoms with E-state index >= 15 is 0 Å². The van der Waals surface area contributed by atoms with E-state index in [1.54, 1.807) is 0 Å². The molecule has 16 heavy (non-hydrogen) atoms. The van der Waals surface area contributed by atoms with Crippen molar-refractivity contribution in [1.29, 1.82) is 0 Å². The highest BCUT2D eigenvalue weighted by Gasteiger charge is 2.46. The van der Waals surface area contributed by atoms with Crippen LogP contribution in [0.1, 0.15) is 51.4 Å². The van der Waals surface area contributed by atoms with Crippen molar-refractivity contribution in [3.63, 3.8) is 0 Å². The minimum absolute atomic E-state index is 0.0932. The van der Waals surface area contributed by atoms with Crippen LogP contribution in [0.15, 0.2) is 0 Å². The highest BCUT2D eigenvalue weighted by Crippen LogP contribution is 2.51. The van der Waals surface area contributed by atoms with E-state index < -0.39 is 12.6 Å². The summed E-state index contributed by atoms with van der Waals surface area (Å²) in [7, 11) is 0. The lowest BCUT2D eigenvalue weighted by atomic mass is 9.57. The van der Waals surface area contributed by atoms with Crippen molar-refractivity contribution >= 4 is 0 Å². The molecule has 2 saturated carbocycles. The highest BCUT2D eigenvalue weighted by molar-refractivity contribution is 5.01. The predicted molar refractivity (Wildman–Crippen MR) is 57.2 cm³/mol. The molecule has 2 aliphatic rings. The maximum atomic E-state index is 12.0. The first-order valence-electron chi connectivity index (χ1n) is 6.32. The predicted octanol–water partition coefficient (Wildman–Crippen LogP) is 3.64. The second-order valence-electron chi connectivity index (χ2n) is 5.33. The SMILES string of the molecule is FC(F)(F)CCNC1CCC12CCCCC2. The van der Waals surface area contributed by atoms with Crippen LogP contribution in [0, 0.1) is 5.41 Å². The third kappa shape index (κ3) is 2.70. The summed E-state index contributed by atoms with van der Waals surface area (Å²) in [6.45, 7) is 0.0932. The Morgan fingerprint density at radius 2 is 1.75 bits per heavy atom. The Bertz CT molecular complexity index is 231. The Hall–Kier alpha value is -0.250. The molecule has 0 aromatic heterocycles. The van der Waals surface area contributed by atoms with Gasteiger partial charge in [0.05, 0.1) is 6.42 Å². The van der Waals surface area contributed by atoms with Gasteiger partial charge in [-0.25, -0.2) is 0 Å². The number of hydrogen-bond acceptors (Lipinski definition) is 1. The van der Waals surface area contributed by atoms with Crippen molar-refractivity contribution in [2.45, 2.75) is 63.6 Å². The topological polar surface area (TPSA) is 12.0 Å². The van der Waals surface area contributed by atoms with Crippen molar-refractivity contribution in [3.8, 4) is 0 Å². The fraction of sp³-hybridized carbons (Fsp3) is 1.00. The molecule has 1 N–H and O–H groups in total.